The molecule has 0 aliphatic rings. The second-order valence-corrected chi connectivity index (χ2v) is 4.10. The summed E-state index contributed by atoms with van der Waals surface area (Å²) in [6.45, 7) is 5.92. The fourth-order valence-corrected chi connectivity index (χ4v) is 1.39. The van der Waals surface area contributed by atoms with Crippen LogP contribution < -0.4 is 5.32 Å². The molecule has 0 radical (unpaired) electrons. The van der Waals surface area contributed by atoms with E-state index in [0.717, 1.165) is 6.42 Å². The molecule has 1 aromatic rings. The summed E-state index contributed by atoms with van der Waals surface area (Å²) in [4.78, 5) is 23.3. The van der Waals surface area contributed by atoms with Crippen molar-refractivity contribution in [3.63, 3.8) is 0 Å². The van der Waals surface area contributed by atoms with Gasteiger partial charge in [0.15, 0.2) is 0 Å². The average molecular weight is 249 g/mol. The Morgan fingerprint density at radius 2 is 2.06 bits per heavy atom. The first kappa shape index (κ1) is 14.2. The topological polar surface area (TPSA) is 55.4 Å². The molecule has 1 N–H and O–H groups in total. The minimum Gasteiger partial charge on any atom is -0.462 e. The lowest BCUT2D eigenvalue weighted by Gasteiger charge is -2.10. The molecular formula is C14H19NO3. The number of hydrogen-bond donors (Lipinski definition) is 1. The van der Waals surface area contributed by atoms with Crippen molar-refractivity contribution in [1.82, 2.24) is 0 Å². The summed E-state index contributed by atoms with van der Waals surface area (Å²) in [6.07, 6.45) is 0.781. The molecule has 0 aliphatic carbocycles. The van der Waals surface area contributed by atoms with Gasteiger partial charge in [0.2, 0.25) is 5.91 Å². The van der Waals surface area contributed by atoms with Crippen LogP contribution >= 0.6 is 0 Å². The third-order valence-electron chi connectivity index (χ3n) is 2.70. The van der Waals surface area contributed by atoms with Crippen molar-refractivity contribution in [1.29, 1.82) is 0 Å². The van der Waals surface area contributed by atoms with Gasteiger partial charge in [0, 0.05) is 11.6 Å². The van der Waals surface area contributed by atoms with E-state index in [0.29, 0.717) is 17.9 Å². The smallest absolute Gasteiger partial charge is 0.338 e. The molecule has 4 nitrogen and oxygen atoms in total. The maximum Gasteiger partial charge on any atom is 0.338 e. The molecule has 1 rings (SSSR count). The van der Waals surface area contributed by atoms with E-state index in [1.165, 1.54) is 0 Å². The lowest BCUT2D eigenvalue weighted by atomic mass is 10.1. The van der Waals surface area contributed by atoms with Crippen LogP contribution in [0, 0.1) is 5.92 Å². The fourth-order valence-electron chi connectivity index (χ4n) is 1.39. The van der Waals surface area contributed by atoms with Gasteiger partial charge >= 0.3 is 5.97 Å². The van der Waals surface area contributed by atoms with Crippen LogP contribution in [0.5, 0.6) is 0 Å². The second kappa shape index (κ2) is 6.79. The zero-order chi connectivity index (χ0) is 13.5. The van der Waals surface area contributed by atoms with E-state index in [1.807, 2.05) is 13.8 Å². The van der Waals surface area contributed by atoms with Gasteiger partial charge in [0.05, 0.1) is 12.2 Å². The average Bonchev–Trinajstić information content (AvgIpc) is 2.38. The maximum atomic E-state index is 11.7. The Morgan fingerprint density at radius 1 is 1.33 bits per heavy atom. The first-order valence-corrected chi connectivity index (χ1v) is 6.16. The van der Waals surface area contributed by atoms with Crippen molar-refractivity contribution >= 4 is 17.6 Å². The van der Waals surface area contributed by atoms with Gasteiger partial charge in [-0.15, -0.1) is 0 Å². The zero-order valence-corrected chi connectivity index (χ0v) is 11.0. The first-order chi connectivity index (χ1) is 8.58. The van der Waals surface area contributed by atoms with E-state index < -0.39 is 0 Å². The minimum atomic E-state index is -0.378. The number of anilines is 1. The molecule has 0 saturated heterocycles. The summed E-state index contributed by atoms with van der Waals surface area (Å²) in [5.41, 5.74) is 1.06. The van der Waals surface area contributed by atoms with E-state index in [2.05, 4.69) is 5.32 Å². The Morgan fingerprint density at radius 3 is 2.67 bits per heavy atom. The Balaban J connectivity index is 2.76. The van der Waals surface area contributed by atoms with Crippen LogP contribution in [0.2, 0.25) is 0 Å². The van der Waals surface area contributed by atoms with Gasteiger partial charge in [-0.05, 0) is 31.5 Å². The molecule has 1 aromatic carbocycles. The van der Waals surface area contributed by atoms with E-state index in [4.69, 9.17) is 4.74 Å². The summed E-state index contributed by atoms with van der Waals surface area (Å²) in [6, 6.07) is 6.76. The van der Waals surface area contributed by atoms with Crippen molar-refractivity contribution in [2.45, 2.75) is 27.2 Å². The van der Waals surface area contributed by atoms with Crippen LogP contribution in [-0.4, -0.2) is 18.5 Å². The molecule has 0 fully saturated rings. The summed E-state index contributed by atoms with van der Waals surface area (Å²) >= 11 is 0. The molecule has 4 heteroatoms. The van der Waals surface area contributed by atoms with E-state index in [9.17, 15) is 9.59 Å². The largest absolute Gasteiger partial charge is 0.462 e. The SMILES string of the molecule is CCOC(=O)c1cccc(NC(=O)[C@H](C)CC)c1. The number of benzene rings is 1. The van der Waals surface area contributed by atoms with Gasteiger partial charge in [-0.2, -0.15) is 0 Å². The number of carbonyl (C=O) groups excluding carboxylic acids is 2. The van der Waals surface area contributed by atoms with E-state index in [1.54, 1.807) is 31.2 Å². The van der Waals surface area contributed by atoms with Crippen molar-refractivity contribution in [3.05, 3.63) is 29.8 Å². The van der Waals surface area contributed by atoms with Crippen LogP contribution in [-0.2, 0) is 9.53 Å². The lowest BCUT2D eigenvalue weighted by molar-refractivity contribution is -0.119. The van der Waals surface area contributed by atoms with Crippen LogP contribution in [0.4, 0.5) is 5.69 Å². The van der Waals surface area contributed by atoms with Gasteiger partial charge in [-0.25, -0.2) is 4.79 Å². The van der Waals surface area contributed by atoms with Crippen molar-refractivity contribution in [2.24, 2.45) is 5.92 Å². The molecule has 0 bridgehead atoms. The van der Waals surface area contributed by atoms with Crippen LogP contribution in [0.1, 0.15) is 37.6 Å². The standard InChI is InChI=1S/C14H19NO3/c1-4-10(3)13(16)15-12-8-6-7-11(9-12)14(17)18-5-2/h6-10H,4-5H2,1-3H3,(H,15,16)/t10-/m1/s1. The van der Waals surface area contributed by atoms with Crippen LogP contribution in [0.3, 0.4) is 0 Å². The summed E-state index contributed by atoms with van der Waals surface area (Å²) < 4.78 is 4.90. The molecule has 0 heterocycles. The third kappa shape index (κ3) is 3.87. The predicted octanol–water partition coefficient (Wildman–Crippen LogP) is 2.85. The highest BCUT2D eigenvalue weighted by molar-refractivity contribution is 5.95. The van der Waals surface area contributed by atoms with Crippen molar-refractivity contribution in [2.75, 3.05) is 11.9 Å². The number of ether oxygens (including phenoxy) is 1. The van der Waals surface area contributed by atoms with Gasteiger partial charge in [0.25, 0.3) is 0 Å². The number of hydrogen-bond acceptors (Lipinski definition) is 3. The van der Waals surface area contributed by atoms with Crippen LogP contribution in [0.15, 0.2) is 24.3 Å². The van der Waals surface area contributed by atoms with Gasteiger partial charge in [-0.1, -0.05) is 19.9 Å². The highest BCUT2D eigenvalue weighted by atomic mass is 16.5. The molecule has 0 spiro atoms. The molecular weight excluding hydrogens is 230 g/mol. The highest BCUT2D eigenvalue weighted by Gasteiger charge is 2.12. The highest BCUT2D eigenvalue weighted by Crippen LogP contribution is 2.13. The molecule has 18 heavy (non-hydrogen) atoms. The van der Waals surface area contributed by atoms with Gasteiger partial charge < -0.3 is 10.1 Å². The Hall–Kier alpha value is -1.84. The first-order valence-electron chi connectivity index (χ1n) is 6.16. The fraction of sp³-hybridized carbons (Fsp3) is 0.429. The predicted molar refractivity (Wildman–Crippen MR) is 70.5 cm³/mol. The Kier molecular flexibility index (Phi) is 5.36. The number of carbonyl (C=O) groups is 2. The van der Waals surface area contributed by atoms with Gasteiger partial charge in [0.1, 0.15) is 0 Å². The quantitative estimate of drug-likeness (QED) is 0.816. The van der Waals surface area contributed by atoms with Crippen molar-refractivity contribution in [3.8, 4) is 0 Å². The van der Waals surface area contributed by atoms with E-state index >= 15 is 0 Å². The number of amides is 1. The summed E-state index contributed by atoms with van der Waals surface area (Å²) in [7, 11) is 0. The Bertz CT molecular complexity index is 429. The lowest BCUT2D eigenvalue weighted by Crippen LogP contribution is -2.19. The molecule has 0 aliphatic heterocycles. The van der Waals surface area contributed by atoms with Crippen LogP contribution in [0.25, 0.3) is 0 Å². The monoisotopic (exact) mass is 249 g/mol. The second-order valence-electron chi connectivity index (χ2n) is 4.10. The molecule has 0 aromatic heterocycles. The zero-order valence-electron chi connectivity index (χ0n) is 11.0. The minimum absolute atomic E-state index is 0.0430. The third-order valence-corrected chi connectivity index (χ3v) is 2.70. The maximum absolute atomic E-state index is 11.7. The summed E-state index contributed by atoms with van der Waals surface area (Å²) in [5, 5.41) is 2.78. The molecule has 1 amide bonds. The number of nitrogens with one attached hydrogen (secondary N) is 1. The summed E-state index contributed by atoms with van der Waals surface area (Å²) in [5.74, 6) is -0.466. The number of esters is 1. The molecule has 0 unspecified atom stereocenters. The molecule has 98 valence electrons. The molecule has 0 saturated carbocycles. The Labute approximate surface area is 107 Å². The van der Waals surface area contributed by atoms with E-state index in [-0.39, 0.29) is 17.8 Å². The van der Waals surface area contributed by atoms with Crippen molar-refractivity contribution < 1.29 is 14.3 Å². The normalized spacial score (nSPS) is 11.7. The number of rotatable bonds is 5. The molecule has 1 atom stereocenters. The van der Waals surface area contributed by atoms with Gasteiger partial charge in [-0.3, -0.25) is 4.79 Å².